The number of hydrogen-bond donors (Lipinski definition) is 2. The average Bonchev–Trinajstić information content (AvgIpc) is 3.10. The second-order valence-electron chi connectivity index (χ2n) is 5.54. The van der Waals surface area contributed by atoms with E-state index in [4.69, 9.17) is 5.73 Å². The summed E-state index contributed by atoms with van der Waals surface area (Å²) in [6.07, 6.45) is 9.61. The van der Waals surface area contributed by atoms with E-state index < -0.39 is 0 Å². The minimum atomic E-state index is 0.287. The van der Waals surface area contributed by atoms with Crippen molar-refractivity contribution in [3.63, 3.8) is 0 Å². The van der Waals surface area contributed by atoms with Crippen LogP contribution < -0.4 is 11.1 Å². The average molecular weight is 210 g/mol. The predicted octanol–water partition coefficient (Wildman–Crippen LogP) is 2.28. The van der Waals surface area contributed by atoms with Crippen LogP contribution in [0.5, 0.6) is 0 Å². The van der Waals surface area contributed by atoms with Crippen LogP contribution in [0.3, 0.4) is 0 Å². The van der Waals surface area contributed by atoms with Crippen molar-refractivity contribution in [3.8, 4) is 0 Å². The molecule has 2 aliphatic carbocycles. The molecule has 3 N–H and O–H groups in total. The number of nitrogens with one attached hydrogen (secondary N) is 1. The molecule has 2 saturated carbocycles. The molecule has 2 nitrogen and oxygen atoms in total. The Labute approximate surface area is 94.0 Å². The third-order valence-corrected chi connectivity index (χ3v) is 4.50. The normalized spacial score (nSPS) is 36.8. The number of nitrogens with two attached hydrogens (primary N) is 1. The number of hydrogen-bond acceptors (Lipinski definition) is 2. The first-order valence-electron chi connectivity index (χ1n) is 6.76. The summed E-state index contributed by atoms with van der Waals surface area (Å²) < 4.78 is 0. The molecule has 2 fully saturated rings. The molecule has 0 amide bonds. The van der Waals surface area contributed by atoms with Gasteiger partial charge in [-0.25, -0.2) is 0 Å². The van der Waals surface area contributed by atoms with Gasteiger partial charge >= 0.3 is 0 Å². The van der Waals surface area contributed by atoms with Crippen LogP contribution >= 0.6 is 0 Å². The lowest BCUT2D eigenvalue weighted by molar-refractivity contribution is 0.142. The molecule has 15 heavy (non-hydrogen) atoms. The van der Waals surface area contributed by atoms with Crippen LogP contribution in [0.2, 0.25) is 0 Å². The molecule has 2 unspecified atom stereocenters. The zero-order valence-electron chi connectivity index (χ0n) is 10.1. The highest BCUT2D eigenvalue weighted by atomic mass is 15.0. The first-order chi connectivity index (χ1) is 7.30. The Hall–Kier alpha value is -0.0800. The van der Waals surface area contributed by atoms with Crippen LogP contribution in [0, 0.1) is 11.8 Å². The summed E-state index contributed by atoms with van der Waals surface area (Å²) in [5.74, 6) is 1.78. The predicted molar refractivity (Wildman–Crippen MR) is 64.8 cm³/mol. The van der Waals surface area contributed by atoms with E-state index >= 15 is 0 Å². The Bertz CT molecular complexity index is 201. The fourth-order valence-electron chi connectivity index (χ4n) is 3.15. The molecule has 0 heterocycles. The quantitative estimate of drug-likeness (QED) is 0.730. The van der Waals surface area contributed by atoms with Gasteiger partial charge in [0, 0.05) is 12.1 Å². The van der Waals surface area contributed by atoms with E-state index in [9.17, 15) is 0 Å². The van der Waals surface area contributed by atoms with E-state index in [2.05, 4.69) is 12.2 Å². The van der Waals surface area contributed by atoms with Crippen molar-refractivity contribution in [2.24, 2.45) is 17.6 Å². The zero-order valence-corrected chi connectivity index (χ0v) is 10.1. The van der Waals surface area contributed by atoms with E-state index in [0.29, 0.717) is 0 Å². The third kappa shape index (κ3) is 2.54. The van der Waals surface area contributed by atoms with Crippen molar-refractivity contribution in [2.75, 3.05) is 13.1 Å². The van der Waals surface area contributed by atoms with E-state index in [-0.39, 0.29) is 5.54 Å². The van der Waals surface area contributed by atoms with Gasteiger partial charge in [0.15, 0.2) is 0 Å². The van der Waals surface area contributed by atoms with Crippen molar-refractivity contribution in [3.05, 3.63) is 0 Å². The van der Waals surface area contributed by atoms with Gasteiger partial charge in [0.1, 0.15) is 0 Å². The highest BCUT2D eigenvalue weighted by molar-refractivity contribution is 4.98. The van der Waals surface area contributed by atoms with E-state index in [1.165, 1.54) is 51.5 Å². The van der Waals surface area contributed by atoms with Crippen LogP contribution in [-0.4, -0.2) is 18.6 Å². The first kappa shape index (κ1) is 11.4. The standard InChI is InChI=1S/C13H26N2/c1-2-12-5-3-4-8-13(12,10-14)15-9-11-6-7-11/h11-12,15H,2-10,14H2,1H3. The molecule has 0 aliphatic heterocycles. The van der Waals surface area contributed by atoms with Crippen LogP contribution in [0.15, 0.2) is 0 Å². The molecular formula is C13H26N2. The Balaban J connectivity index is 1.94. The molecule has 88 valence electrons. The second-order valence-corrected chi connectivity index (χ2v) is 5.54. The minimum Gasteiger partial charge on any atom is -0.329 e. The van der Waals surface area contributed by atoms with Crippen molar-refractivity contribution in [2.45, 2.75) is 57.4 Å². The molecule has 2 atom stereocenters. The van der Waals surface area contributed by atoms with Crippen molar-refractivity contribution in [1.82, 2.24) is 5.32 Å². The molecule has 0 radical (unpaired) electrons. The largest absolute Gasteiger partial charge is 0.329 e. The van der Waals surface area contributed by atoms with Gasteiger partial charge in [-0.05, 0) is 44.1 Å². The summed E-state index contributed by atoms with van der Waals surface area (Å²) in [6.45, 7) is 4.37. The third-order valence-electron chi connectivity index (χ3n) is 4.50. The van der Waals surface area contributed by atoms with Crippen molar-refractivity contribution < 1.29 is 0 Å². The van der Waals surface area contributed by atoms with Crippen LogP contribution in [0.25, 0.3) is 0 Å². The fraction of sp³-hybridized carbons (Fsp3) is 1.00. The molecule has 2 heteroatoms. The Morgan fingerprint density at radius 2 is 2.07 bits per heavy atom. The molecule has 2 aliphatic rings. The monoisotopic (exact) mass is 210 g/mol. The van der Waals surface area contributed by atoms with Gasteiger partial charge < -0.3 is 11.1 Å². The van der Waals surface area contributed by atoms with Gasteiger partial charge in [0.2, 0.25) is 0 Å². The van der Waals surface area contributed by atoms with E-state index in [1.54, 1.807) is 0 Å². The van der Waals surface area contributed by atoms with Gasteiger partial charge in [0.05, 0.1) is 0 Å². The van der Waals surface area contributed by atoms with E-state index in [1.807, 2.05) is 0 Å². The molecule has 0 bridgehead atoms. The van der Waals surface area contributed by atoms with Crippen LogP contribution in [-0.2, 0) is 0 Å². The fourth-order valence-corrected chi connectivity index (χ4v) is 3.15. The molecule has 2 rings (SSSR count). The van der Waals surface area contributed by atoms with Gasteiger partial charge in [0.25, 0.3) is 0 Å². The molecule has 0 aromatic heterocycles. The Morgan fingerprint density at radius 3 is 2.67 bits per heavy atom. The maximum atomic E-state index is 6.05. The van der Waals surface area contributed by atoms with Crippen molar-refractivity contribution in [1.29, 1.82) is 0 Å². The summed E-state index contributed by atoms with van der Waals surface area (Å²) >= 11 is 0. The summed E-state index contributed by atoms with van der Waals surface area (Å²) in [5.41, 5.74) is 6.34. The molecule has 0 aromatic carbocycles. The molecular weight excluding hydrogens is 184 g/mol. The van der Waals surface area contributed by atoms with Crippen LogP contribution in [0.4, 0.5) is 0 Å². The summed E-state index contributed by atoms with van der Waals surface area (Å²) in [4.78, 5) is 0. The molecule has 0 saturated heterocycles. The lowest BCUT2D eigenvalue weighted by Crippen LogP contribution is -2.58. The second kappa shape index (κ2) is 4.84. The minimum absolute atomic E-state index is 0.287. The maximum Gasteiger partial charge on any atom is 0.0332 e. The number of rotatable bonds is 5. The Kier molecular flexibility index (Phi) is 3.68. The van der Waals surface area contributed by atoms with Gasteiger partial charge in [-0.3, -0.25) is 0 Å². The first-order valence-corrected chi connectivity index (χ1v) is 6.76. The maximum absolute atomic E-state index is 6.05. The highest BCUT2D eigenvalue weighted by Crippen LogP contribution is 2.36. The zero-order chi connectivity index (χ0) is 10.7. The smallest absolute Gasteiger partial charge is 0.0332 e. The van der Waals surface area contributed by atoms with Gasteiger partial charge in [-0.2, -0.15) is 0 Å². The Morgan fingerprint density at radius 1 is 1.27 bits per heavy atom. The summed E-state index contributed by atoms with van der Waals surface area (Å²) in [6, 6.07) is 0. The lowest BCUT2D eigenvalue weighted by Gasteiger charge is -2.44. The summed E-state index contributed by atoms with van der Waals surface area (Å²) in [7, 11) is 0. The van der Waals surface area contributed by atoms with Gasteiger partial charge in [-0.15, -0.1) is 0 Å². The summed E-state index contributed by atoms with van der Waals surface area (Å²) in [5, 5.41) is 3.82. The SMILES string of the molecule is CCC1CCCCC1(CN)NCC1CC1. The lowest BCUT2D eigenvalue weighted by atomic mass is 9.71. The molecule has 0 spiro atoms. The highest BCUT2D eigenvalue weighted by Gasteiger charge is 2.39. The van der Waals surface area contributed by atoms with Crippen LogP contribution in [0.1, 0.15) is 51.9 Å². The van der Waals surface area contributed by atoms with Gasteiger partial charge in [-0.1, -0.05) is 26.2 Å². The van der Waals surface area contributed by atoms with Crippen molar-refractivity contribution >= 4 is 0 Å². The topological polar surface area (TPSA) is 38.0 Å². The molecule has 0 aromatic rings. The van der Waals surface area contributed by atoms with E-state index in [0.717, 1.165) is 18.4 Å².